The molecule has 2 rings (SSSR count). The smallest absolute Gasteiger partial charge is 0.408 e. The summed E-state index contributed by atoms with van der Waals surface area (Å²) in [6, 6.07) is 4.83. The van der Waals surface area contributed by atoms with E-state index in [1.165, 1.54) is 29.2 Å². The summed E-state index contributed by atoms with van der Waals surface area (Å²) in [6.45, 7) is 0.0308. The van der Waals surface area contributed by atoms with E-state index in [1.807, 2.05) is 0 Å². The molecule has 112 valence electrons. The Morgan fingerprint density at radius 2 is 2.19 bits per heavy atom. The molecule has 2 aromatic rings. The fourth-order valence-corrected chi connectivity index (χ4v) is 1.65. The number of nitrogen functional groups attached to an aromatic ring is 1. The Bertz CT molecular complexity index is 650. The van der Waals surface area contributed by atoms with Crippen molar-refractivity contribution in [2.75, 3.05) is 5.73 Å². The first-order valence-electron chi connectivity index (χ1n) is 5.83. The Labute approximate surface area is 117 Å². The average molecular weight is 299 g/mol. The lowest BCUT2D eigenvalue weighted by molar-refractivity contribution is -0.137. The van der Waals surface area contributed by atoms with Crippen LogP contribution in [-0.2, 0) is 12.7 Å². The zero-order chi connectivity index (χ0) is 15.5. The molecule has 0 aliphatic heterocycles. The molecule has 0 unspecified atom stereocenters. The minimum absolute atomic E-state index is 0.0308. The molecule has 0 amide bonds. The molecular formula is C12H12F3N5O. The van der Waals surface area contributed by atoms with E-state index in [4.69, 9.17) is 10.9 Å². The van der Waals surface area contributed by atoms with Gasteiger partial charge >= 0.3 is 6.18 Å². The molecule has 21 heavy (non-hydrogen) atoms. The van der Waals surface area contributed by atoms with E-state index in [0.717, 1.165) is 12.1 Å². The number of halogens is 3. The van der Waals surface area contributed by atoms with Crippen LogP contribution >= 0.6 is 0 Å². The maximum absolute atomic E-state index is 12.6. The first-order chi connectivity index (χ1) is 9.90. The molecule has 4 N–H and O–H groups in total. The van der Waals surface area contributed by atoms with Crippen molar-refractivity contribution in [3.05, 3.63) is 47.8 Å². The highest BCUT2D eigenvalue weighted by molar-refractivity contribution is 5.81. The van der Waals surface area contributed by atoms with Crippen molar-refractivity contribution in [2.24, 2.45) is 5.16 Å². The highest BCUT2D eigenvalue weighted by Crippen LogP contribution is 2.29. The van der Waals surface area contributed by atoms with Crippen LogP contribution in [0.3, 0.4) is 0 Å². The lowest BCUT2D eigenvalue weighted by atomic mass is 10.1. The Morgan fingerprint density at radius 1 is 1.43 bits per heavy atom. The summed E-state index contributed by atoms with van der Waals surface area (Å²) in [4.78, 5) is 0. The first-order valence-corrected chi connectivity index (χ1v) is 5.83. The van der Waals surface area contributed by atoms with Gasteiger partial charge in [-0.05, 0) is 22.9 Å². The molecule has 0 atom stereocenters. The van der Waals surface area contributed by atoms with E-state index in [0.29, 0.717) is 11.3 Å². The number of hydrogen-bond acceptors (Lipinski definition) is 4. The molecule has 0 aliphatic carbocycles. The molecule has 9 heteroatoms. The molecule has 0 spiro atoms. The molecule has 0 bridgehead atoms. The summed E-state index contributed by atoms with van der Waals surface area (Å²) in [5, 5.41) is 18.4. The molecule has 1 aromatic heterocycles. The van der Waals surface area contributed by atoms with Crippen molar-refractivity contribution in [2.45, 2.75) is 12.7 Å². The Hall–Kier alpha value is -2.71. The minimum atomic E-state index is -4.40. The number of aromatic nitrogens is 2. The summed E-state index contributed by atoms with van der Waals surface area (Å²) < 4.78 is 38.9. The zero-order valence-corrected chi connectivity index (χ0v) is 10.7. The highest BCUT2D eigenvalue weighted by Gasteiger charge is 2.30. The summed E-state index contributed by atoms with van der Waals surface area (Å²) >= 11 is 0. The van der Waals surface area contributed by atoms with Crippen LogP contribution in [0, 0.1) is 0 Å². The second kappa shape index (κ2) is 5.73. The Morgan fingerprint density at radius 3 is 2.76 bits per heavy atom. The monoisotopic (exact) mass is 299 g/mol. The molecule has 0 saturated carbocycles. The number of benzene rings is 1. The third-order valence-corrected chi connectivity index (χ3v) is 2.62. The second-order valence-electron chi connectivity index (χ2n) is 4.19. The van der Waals surface area contributed by atoms with Crippen molar-refractivity contribution in [1.29, 1.82) is 0 Å². The van der Waals surface area contributed by atoms with Gasteiger partial charge in [0, 0.05) is 6.54 Å². The summed E-state index contributed by atoms with van der Waals surface area (Å²) in [5.41, 5.74) is 5.47. The number of anilines is 1. The van der Waals surface area contributed by atoms with Crippen molar-refractivity contribution in [3.63, 3.8) is 0 Å². The molecule has 0 aliphatic rings. The average Bonchev–Trinajstić information content (AvgIpc) is 2.85. The lowest BCUT2D eigenvalue weighted by Gasteiger charge is -2.10. The molecule has 6 nitrogen and oxygen atoms in total. The van der Waals surface area contributed by atoms with Gasteiger partial charge in [-0.3, -0.25) is 0 Å². The summed E-state index contributed by atoms with van der Waals surface area (Å²) in [5.74, 6) is -0.0517. The SMILES string of the molecule is Nc1cnn(C(=NO)NCc2cccc(C(F)(F)F)c2)c1. The Balaban J connectivity index is 2.09. The van der Waals surface area contributed by atoms with Crippen LogP contribution in [0.25, 0.3) is 0 Å². The van der Waals surface area contributed by atoms with Gasteiger partial charge in [-0.1, -0.05) is 12.1 Å². The van der Waals surface area contributed by atoms with Crippen molar-refractivity contribution in [1.82, 2.24) is 15.1 Å². The standard InChI is InChI=1S/C12H12F3N5O/c13-12(14,15)9-3-1-2-8(4-9)5-17-11(19-21)20-7-10(16)6-18-20/h1-4,6-7,21H,5,16H2,(H,17,19). The number of alkyl halides is 3. The predicted molar refractivity (Wildman–Crippen MR) is 69.5 cm³/mol. The fraction of sp³-hybridized carbons (Fsp3) is 0.167. The number of oxime groups is 1. The highest BCUT2D eigenvalue weighted by atomic mass is 19.4. The van der Waals surface area contributed by atoms with Crippen LogP contribution in [0.15, 0.2) is 41.8 Å². The van der Waals surface area contributed by atoms with Crippen LogP contribution < -0.4 is 11.1 Å². The van der Waals surface area contributed by atoms with E-state index < -0.39 is 11.7 Å². The normalized spacial score (nSPS) is 12.4. The van der Waals surface area contributed by atoms with Gasteiger partial charge in [0.2, 0.25) is 0 Å². The van der Waals surface area contributed by atoms with Gasteiger partial charge in [0.15, 0.2) is 0 Å². The quantitative estimate of drug-likeness (QED) is 0.342. The Kier molecular flexibility index (Phi) is 4.01. The van der Waals surface area contributed by atoms with Gasteiger partial charge in [-0.2, -0.15) is 18.3 Å². The summed E-state index contributed by atoms with van der Waals surface area (Å²) in [6.07, 6.45) is -1.66. The summed E-state index contributed by atoms with van der Waals surface area (Å²) in [7, 11) is 0. The van der Waals surface area contributed by atoms with Crippen molar-refractivity contribution < 1.29 is 18.4 Å². The number of nitrogens with zero attached hydrogens (tertiary/aromatic N) is 3. The van der Waals surface area contributed by atoms with Crippen LogP contribution in [0.5, 0.6) is 0 Å². The first kappa shape index (κ1) is 14.7. The third-order valence-electron chi connectivity index (χ3n) is 2.62. The van der Waals surface area contributed by atoms with E-state index in [1.54, 1.807) is 0 Å². The molecule has 0 fully saturated rings. The lowest BCUT2D eigenvalue weighted by Crippen LogP contribution is -2.30. The molecular weight excluding hydrogens is 287 g/mol. The van der Waals surface area contributed by atoms with E-state index in [9.17, 15) is 13.2 Å². The van der Waals surface area contributed by atoms with Crippen LogP contribution in [0.1, 0.15) is 11.1 Å². The van der Waals surface area contributed by atoms with E-state index in [2.05, 4.69) is 15.6 Å². The molecule has 1 heterocycles. The number of nitrogens with one attached hydrogen (secondary N) is 1. The maximum atomic E-state index is 12.6. The third kappa shape index (κ3) is 3.65. The zero-order valence-electron chi connectivity index (χ0n) is 10.7. The molecule has 0 saturated heterocycles. The van der Waals surface area contributed by atoms with Gasteiger partial charge in [0.1, 0.15) is 0 Å². The maximum Gasteiger partial charge on any atom is 0.416 e. The van der Waals surface area contributed by atoms with E-state index in [-0.39, 0.29) is 12.5 Å². The van der Waals surface area contributed by atoms with Gasteiger partial charge in [-0.25, -0.2) is 4.68 Å². The van der Waals surface area contributed by atoms with Crippen molar-refractivity contribution >= 4 is 11.6 Å². The predicted octanol–water partition coefficient (Wildman–Crippen LogP) is 1.87. The van der Waals surface area contributed by atoms with Crippen LogP contribution in [-0.4, -0.2) is 20.9 Å². The largest absolute Gasteiger partial charge is 0.416 e. The number of nitrogens with two attached hydrogens (primary N) is 1. The molecule has 0 radical (unpaired) electrons. The van der Waals surface area contributed by atoms with Gasteiger partial charge in [-0.15, -0.1) is 0 Å². The van der Waals surface area contributed by atoms with Gasteiger partial charge < -0.3 is 16.3 Å². The van der Waals surface area contributed by atoms with Crippen molar-refractivity contribution in [3.8, 4) is 0 Å². The van der Waals surface area contributed by atoms with Crippen LogP contribution in [0.4, 0.5) is 18.9 Å². The van der Waals surface area contributed by atoms with Gasteiger partial charge in [0.25, 0.3) is 5.96 Å². The van der Waals surface area contributed by atoms with Gasteiger partial charge in [0.05, 0.1) is 23.6 Å². The number of rotatable bonds is 2. The topological polar surface area (TPSA) is 88.5 Å². The number of hydrogen-bond donors (Lipinski definition) is 3. The second-order valence-corrected chi connectivity index (χ2v) is 4.19. The fourth-order valence-electron chi connectivity index (χ4n) is 1.65. The van der Waals surface area contributed by atoms with Crippen LogP contribution in [0.2, 0.25) is 0 Å². The van der Waals surface area contributed by atoms with E-state index >= 15 is 0 Å². The minimum Gasteiger partial charge on any atom is -0.408 e. The molecule has 1 aromatic carbocycles.